The Labute approximate surface area is 172 Å². The standard InChI is InChI=1S/C23H26N2O3S/c1-16-11-12-20(15-17(16)2)29(27,28)24-14-13-23(26)25-18(3)21-10-6-8-19-7-4-5-9-22(19)21/h4-12,15,18,24H,13-14H2,1-3H3,(H,25,26). The van der Waals surface area contributed by atoms with Crippen LogP contribution in [0.2, 0.25) is 0 Å². The van der Waals surface area contributed by atoms with E-state index in [0.717, 1.165) is 27.5 Å². The van der Waals surface area contributed by atoms with E-state index in [2.05, 4.69) is 10.0 Å². The fourth-order valence-corrected chi connectivity index (χ4v) is 4.40. The minimum absolute atomic E-state index is 0.0450. The summed E-state index contributed by atoms with van der Waals surface area (Å²) in [6.45, 7) is 5.78. The van der Waals surface area contributed by atoms with Gasteiger partial charge in [-0.25, -0.2) is 13.1 Å². The molecule has 0 fully saturated rings. The maximum absolute atomic E-state index is 12.4. The molecular weight excluding hydrogens is 384 g/mol. The number of amides is 1. The van der Waals surface area contributed by atoms with Crippen LogP contribution in [0, 0.1) is 13.8 Å². The van der Waals surface area contributed by atoms with Crippen molar-refractivity contribution in [1.29, 1.82) is 0 Å². The second kappa shape index (κ2) is 8.76. The molecule has 1 atom stereocenters. The minimum atomic E-state index is -3.63. The van der Waals surface area contributed by atoms with Crippen molar-refractivity contribution in [2.24, 2.45) is 0 Å². The Bertz CT molecular complexity index is 1130. The summed E-state index contributed by atoms with van der Waals surface area (Å²) in [6.07, 6.45) is 0.0686. The van der Waals surface area contributed by atoms with Gasteiger partial charge in [-0.15, -0.1) is 0 Å². The first-order chi connectivity index (χ1) is 13.8. The first-order valence-electron chi connectivity index (χ1n) is 9.62. The average molecular weight is 411 g/mol. The van der Waals surface area contributed by atoms with Gasteiger partial charge in [0.05, 0.1) is 10.9 Å². The molecule has 0 radical (unpaired) electrons. The molecule has 3 aromatic carbocycles. The highest BCUT2D eigenvalue weighted by atomic mass is 32.2. The molecule has 5 nitrogen and oxygen atoms in total. The number of sulfonamides is 1. The lowest BCUT2D eigenvalue weighted by Crippen LogP contribution is -2.32. The van der Waals surface area contributed by atoms with E-state index in [9.17, 15) is 13.2 Å². The Kier molecular flexibility index (Phi) is 6.35. The van der Waals surface area contributed by atoms with Gasteiger partial charge in [0.1, 0.15) is 0 Å². The largest absolute Gasteiger partial charge is 0.350 e. The smallest absolute Gasteiger partial charge is 0.240 e. The molecule has 3 rings (SSSR count). The van der Waals surface area contributed by atoms with Crippen LogP contribution >= 0.6 is 0 Å². The molecule has 29 heavy (non-hydrogen) atoms. The summed E-state index contributed by atoms with van der Waals surface area (Å²) >= 11 is 0. The summed E-state index contributed by atoms with van der Waals surface area (Å²) in [4.78, 5) is 12.6. The zero-order valence-electron chi connectivity index (χ0n) is 16.9. The summed E-state index contributed by atoms with van der Waals surface area (Å²) < 4.78 is 27.4. The van der Waals surface area contributed by atoms with Crippen LogP contribution in [0.25, 0.3) is 10.8 Å². The third-order valence-electron chi connectivity index (χ3n) is 5.10. The molecule has 1 amide bonds. The van der Waals surface area contributed by atoms with Crippen LogP contribution in [0.4, 0.5) is 0 Å². The fourth-order valence-electron chi connectivity index (χ4n) is 3.28. The predicted octanol–water partition coefficient (Wildman–Crippen LogP) is 4.00. The van der Waals surface area contributed by atoms with Crippen LogP contribution in [0.5, 0.6) is 0 Å². The zero-order valence-corrected chi connectivity index (χ0v) is 17.7. The number of carbonyl (C=O) groups is 1. The molecule has 3 aromatic rings. The third-order valence-corrected chi connectivity index (χ3v) is 6.56. The molecule has 0 saturated carbocycles. The summed E-state index contributed by atoms with van der Waals surface area (Å²) in [5.41, 5.74) is 2.98. The minimum Gasteiger partial charge on any atom is -0.350 e. The van der Waals surface area contributed by atoms with Gasteiger partial charge in [-0.3, -0.25) is 4.79 Å². The molecule has 152 valence electrons. The van der Waals surface area contributed by atoms with Crippen LogP contribution in [0.15, 0.2) is 65.6 Å². The van der Waals surface area contributed by atoms with Gasteiger partial charge in [0.15, 0.2) is 0 Å². The molecule has 0 heterocycles. The van der Waals surface area contributed by atoms with Gasteiger partial charge in [0, 0.05) is 13.0 Å². The second-order valence-electron chi connectivity index (χ2n) is 7.25. The number of rotatable bonds is 7. The molecular formula is C23H26N2O3S. The Morgan fingerprint density at radius 3 is 2.45 bits per heavy atom. The van der Waals surface area contributed by atoms with Crippen molar-refractivity contribution in [2.45, 2.75) is 38.1 Å². The summed E-state index contributed by atoms with van der Waals surface area (Å²) in [5, 5.41) is 5.17. The molecule has 0 aromatic heterocycles. The first kappa shape index (κ1) is 21.0. The quantitative estimate of drug-likeness (QED) is 0.618. The molecule has 0 saturated heterocycles. The van der Waals surface area contributed by atoms with Crippen molar-refractivity contribution in [3.63, 3.8) is 0 Å². The van der Waals surface area contributed by atoms with E-state index in [4.69, 9.17) is 0 Å². The van der Waals surface area contributed by atoms with E-state index in [1.807, 2.05) is 63.2 Å². The lowest BCUT2D eigenvalue weighted by molar-refractivity contribution is -0.121. The van der Waals surface area contributed by atoms with E-state index in [0.29, 0.717) is 0 Å². The number of hydrogen-bond donors (Lipinski definition) is 2. The van der Waals surface area contributed by atoms with Gasteiger partial charge < -0.3 is 5.32 Å². The van der Waals surface area contributed by atoms with Crippen LogP contribution in [0.1, 0.15) is 36.1 Å². The van der Waals surface area contributed by atoms with Gasteiger partial charge in [0.25, 0.3) is 0 Å². The van der Waals surface area contributed by atoms with E-state index in [1.54, 1.807) is 18.2 Å². The van der Waals surface area contributed by atoms with E-state index >= 15 is 0 Å². The number of hydrogen-bond acceptors (Lipinski definition) is 3. The van der Waals surface area contributed by atoms with Gasteiger partial charge in [-0.1, -0.05) is 48.5 Å². The number of fused-ring (bicyclic) bond motifs is 1. The van der Waals surface area contributed by atoms with Gasteiger partial charge in [0.2, 0.25) is 15.9 Å². The summed E-state index contributed by atoms with van der Waals surface area (Å²) in [5.74, 6) is -0.201. The fraction of sp³-hybridized carbons (Fsp3) is 0.261. The molecule has 0 aliphatic heterocycles. The molecule has 2 N–H and O–H groups in total. The van der Waals surface area contributed by atoms with E-state index in [-0.39, 0.29) is 29.8 Å². The average Bonchev–Trinajstić information content (AvgIpc) is 2.69. The van der Waals surface area contributed by atoms with Gasteiger partial charge in [-0.05, 0) is 60.4 Å². The number of nitrogens with one attached hydrogen (secondary N) is 2. The molecule has 0 bridgehead atoms. The normalized spacial score (nSPS) is 12.7. The molecule has 0 spiro atoms. The number of benzene rings is 3. The molecule has 0 aliphatic carbocycles. The van der Waals surface area contributed by atoms with Gasteiger partial charge in [-0.2, -0.15) is 0 Å². The van der Waals surface area contributed by atoms with Crippen LogP contribution < -0.4 is 10.0 Å². The van der Waals surface area contributed by atoms with Crippen molar-refractivity contribution in [3.05, 3.63) is 77.4 Å². The maximum atomic E-state index is 12.4. The number of aryl methyl sites for hydroxylation is 2. The Morgan fingerprint density at radius 2 is 1.69 bits per heavy atom. The monoisotopic (exact) mass is 410 g/mol. The molecule has 1 unspecified atom stereocenters. The predicted molar refractivity (Wildman–Crippen MR) is 116 cm³/mol. The zero-order chi connectivity index (χ0) is 21.0. The SMILES string of the molecule is Cc1ccc(S(=O)(=O)NCCC(=O)NC(C)c2cccc3ccccc23)cc1C. The van der Waals surface area contributed by atoms with E-state index in [1.165, 1.54) is 0 Å². The van der Waals surface area contributed by atoms with Crippen LogP contribution in [0.3, 0.4) is 0 Å². The van der Waals surface area contributed by atoms with Crippen molar-refractivity contribution < 1.29 is 13.2 Å². The Hall–Kier alpha value is -2.70. The highest BCUT2D eigenvalue weighted by Crippen LogP contribution is 2.24. The third kappa shape index (κ3) is 5.02. The lowest BCUT2D eigenvalue weighted by atomic mass is 9.99. The lowest BCUT2D eigenvalue weighted by Gasteiger charge is -2.17. The van der Waals surface area contributed by atoms with Crippen molar-refractivity contribution >= 4 is 26.7 Å². The highest BCUT2D eigenvalue weighted by molar-refractivity contribution is 7.89. The maximum Gasteiger partial charge on any atom is 0.240 e. The topological polar surface area (TPSA) is 75.3 Å². The van der Waals surface area contributed by atoms with Crippen LogP contribution in [-0.4, -0.2) is 20.9 Å². The molecule has 0 aliphatic rings. The van der Waals surface area contributed by atoms with Gasteiger partial charge >= 0.3 is 0 Å². The summed E-state index contributed by atoms with van der Waals surface area (Å²) in [7, 11) is -3.63. The summed E-state index contributed by atoms with van der Waals surface area (Å²) in [6, 6.07) is 18.8. The van der Waals surface area contributed by atoms with Crippen molar-refractivity contribution in [3.8, 4) is 0 Å². The number of carbonyl (C=O) groups excluding carboxylic acids is 1. The van der Waals surface area contributed by atoms with Crippen molar-refractivity contribution in [1.82, 2.24) is 10.0 Å². The van der Waals surface area contributed by atoms with E-state index < -0.39 is 10.0 Å². The van der Waals surface area contributed by atoms with Crippen LogP contribution in [-0.2, 0) is 14.8 Å². The van der Waals surface area contributed by atoms with Crippen molar-refractivity contribution in [2.75, 3.05) is 6.54 Å². The Balaban J connectivity index is 1.59. The molecule has 6 heteroatoms. The Morgan fingerprint density at radius 1 is 0.966 bits per heavy atom. The first-order valence-corrected chi connectivity index (χ1v) is 11.1. The highest BCUT2D eigenvalue weighted by Gasteiger charge is 2.16. The second-order valence-corrected chi connectivity index (χ2v) is 9.02.